The van der Waals surface area contributed by atoms with E-state index in [4.69, 9.17) is 20.6 Å². The maximum Gasteiger partial charge on any atom is 0.308 e. The van der Waals surface area contributed by atoms with Gasteiger partial charge in [0.05, 0.1) is 19.1 Å². The SMILES string of the molecule is C#CCCCOC1CC(OC(=O)C(C)C)C(O)C(CO)O1. The number of aliphatic hydroxyl groups is 2. The molecule has 2 N–H and O–H groups in total. The van der Waals surface area contributed by atoms with Crippen LogP contribution in [0.2, 0.25) is 0 Å². The standard InChI is InChI=1S/C15H24O6/c1-4-5-6-7-19-13-8-11(21-15(18)10(2)3)14(17)12(9-16)20-13/h1,10-14,16-17H,5-9H2,2-3H3. The Morgan fingerprint density at radius 3 is 2.81 bits per heavy atom. The highest BCUT2D eigenvalue weighted by Gasteiger charge is 2.40. The van der Waals surface area contributed by atoms with Gasteiger partial charge in [0.25, 0.3) is 0 Å². The molecule has 0 aromatic carbocycles. The summed E-state index contributed by atoms with van der Waals surface area (Å²) in [7, 11) is 0. The molecule has 0 bridgehead atoms. The van der Waals surface area contributed by atoms with Crippen LogP contribution in [0.4, 0.5) is 0 Å². The average Bonchev–Trinajstić information content (AvgIpc) is 2.46. The first-order valence-corrected chi connectivity index (χ1v) is 7.19. The van der Waals surface area contributed by atoms with Gasteiger partial charge in [-0.15, -0.1) is 12.3 Å². The topological polar surface area (TPSA) is 85.2 Å². The van der Waals surface area contributed by atoms with Crippen molar-refractivity contribution in [1.29, 1.82) is 0 Å². The van der Waals surface area contributed by atoms with Gasteiger partial charge < -0.3 is 24.4 Å². The van der Waals surface area contributed by atoms with Crippen molar-refractivity contribution in [2.75, 3.05) is 13.2 Å². The summed E-state index contributed by atoms with van der Waals surface area (Å²) in [5.74, 6) is 1.82. The van der Waals surface area contributed by atoms with Crippen LogP contribution in [0.15, 0.2) is 0 Å². The molecule has 120 valence electrons. The zero-order valence-electron chi connectivity index (χ0n) is 12.5. The molecule has 1 heterocycles. The molecule has 0 aliphatic carbocycles. The zero-order valence-corrected chi connectivity index (χ0v) is 12.5. The first-order chi connectivity index (χ1) is 9.99. The third kappa shape index (κ3) is 5.64. The second-order valence-electron chi connectivity index (χ2n) is 5.32. The Bertz CT molecular complexity index is 362. The fourth-order valence-corrected chi connectivity index (χ4v) is 1.95. The fourth-order valence-electron chi connectivity index (χ4n) is 1.95. The molecule has 1 saturated heterocycles. The third-order valence-electron chi connectivity index (χ3n) is 3.20. The zero-order chi connectivity index (χ0) is 15.8. The molecular formula is C15H24O6. The number of unbranched alkanes of at least 4 members (excludes halogenated alkanes) is 1. The van der Waals surface area contributed by atoms with E-state index in [9.17, 15) is 15.0 Å². The largest absolute Gasteiger partial charge is 0.459 e. The molecule has 0 spiro atoms. The van der Waals surface area contributed by atoms with Gasteiger partial charge in [0.2, 0.25) is 0 Å². The van der Waals surface area contributed by atoms with Gasteiger partial charge in [-0.1, -0.05) is 13.8 Å². The summed E-state index contributed by atoms with van der Waals surface area (Å²) < 4.78 is 16.2. The van der Waals surface area contributed by atoms with Gasteiger partial charge in [0.15, 0.2) is 6.29 Å². The van der Waals surface area contributed by atoms with Crippen LogP contribution in [0.1, 0.15) is 33.1 Å². The Morgan fingerprint density at radius 1 is 1.52 bits per heavy atom. The number of esters is 1. The minimum Gasteiger partial charge on any atom is -0.459 e. The molecule has 4 atom stereocenters. The van der Waals surface area contributed by atoms with Crippen LogP contribution in [-0.4, -0.2) is 54.0 Å². The van der Waals surface area contributed by atoms with Gasteiger partial charge in [-0.2, -0.15) is 0 Å². The van der Waals surface area contributed by atoms with Crippen molar-refractivity contribution < 1.29 is 29.2 Å². The number of hydrogen-bond donors (Lipinski definition) is 2. The number of carbonyl (C=O) groups excluding carboxylic acids is 1. The number of rotatable bonds is 7. The van der Waals surface area contributed by atoms with Gasteiger partial charge in [0.1, 0.15) is 18.3 Å². The summed E-state index contributed by atoms with van der Waals surface area (Å²) in [6.07, 6.45) is 3.40. The van der Waals surface area contributed by atoms with Gasteiger partial charge in [0, 0.05) is 12.8 Å². The Labute approximate surface area is 125 Å². The second-order valence-corrected chi connectivity index (χ2v) is 5.32. The minimum absolute atomic E-state index is 0.228. The molecule has 0 aromatic rings. The summed E-state index contributed by atoms with van der Waals surface area (Å²) >= 11 is 0. The van der Waals surface area contributed by atoms with Crippen molar-refractivity contribution in [3.8, 4) is 12.3 Å². The minimum atomic E-state index is -1.07. The van der Waals surface area contributed by atoms with E-state index in [0.717, 1.165) is 0 Å². The fraction of sp³-hybridized carbons (Fsp3) is 0.800. The van der Waals surface area contributed by atoms with Crippen molar-refractivity contribution in [2.24, 2.45) is 5.92 Å². The number of aliphatic hydroxyl groups excluding tert-OH is 2. The second kappa shape index (κ2) is 9.00. The molecule has 21 heavy (non-hydrogen) atoms. The molecule has 1 fully saturated rings. The Morgan fingerprint density at radius 2 is 2.24 bits per heavy atom. The van der Waals surface area contributed by atoms with Crippen LogP contribution in [0.25, 0.3) is 0 Å². The summed E-state index contributed by atoms with van der Waals surface area (Å²) in [6.45, 7) is 3.46. The van der Waals surface area contributed by atoms with Gasteiger partial charge in [-0.05, 0) is 6.42 Å². The molecule has 1 aliphatic heterocycles. The van der Waals surface area contributed by atoms with Crippen molar-refractivity contribution >= 4 is 5.97 Å². The molecule has 1 rings (SSSR count). The van der Waals surface area contributed by atoms with Crippen LogP contribution < -0.4 is 0 Å². The molecule has 6 nitrogen and oxygen atoms in total. The quantitative estimate of drug-likeness (QED) is 0.403. The predicted molar refractivity (Wildman–Crippen MR) is 75.1 cm³/mol. The van der Waals surface area contributed by atoms with E-state index >= 15 is 0 Å². The van der Waals surface area contributed by atoms with E-state index in [1.54, 1.807) is 13.8 Å². The average molecular weight is 300 g/mol. The molecule has 0 radical (unpaired) electrons. The van der Waals surface area contributed by atoms with Crippen molar-refractivity contribution in [2.45, 2.75) is 57.7 Å². The predicted octanol–water partition coefficient (Wildman–Crippen LogP) is 0.452. The molecule has 6 heteroatoms. The van der Waals surface area contributed by atoms with E-state index < -0.39 is 30.6 Å². The van der Waals surface area contributed by atoms with Crippen molar-refractivity contribution in [3.05, 3.63) is 0 Å². The maximum absolute atomic E-state index is 11.7. The van der Waals surface area contributed by atoms with E-state index in [0.29, 0.717) is 19.4 Å². The van der Waals surface area contributed by atoms with E-state index in [2.05, 4.69) is 5.92 Å². The van der Waals surface area contributed by atoms with Crippen LogP contribution >= 0.6 is 0 Å². The number of carbonyl (C=O) groups is 1. The highest BCUT2D eigenvalue weighted by molar-refractivity contribution is 5.71. The van der Waals surface area contributed by atoms with Gasteiger partial charge >= 0.3 is 5.97 Å². The number of terminal acetylenes is 1. The normalized spacial score (nSPS) is 29.1. The molecule has 0 saturated carbocycles. The van der Waals surface area contributed by atoms with E-state index in [-0.39, 0.29) is 18.9 Å². The molecule has 1 aliphatic rings. The highest BCUT2D eigenvalue weighted by atomic mass is 16.7. The highest BCUT2D eigenvalue weighted by Crippen LogP contribution is 2.24. The lowest BCUT2D eigenvalue weighted by Gasteiger charge is -2.38. The lowest BCUT2D eigenvalue weighted by atomic mass is 10.0. The lowest BCUT2D eigenvalue weighted by molar-refractivity contribution is -0.261. The Balaban J connectivity index is 2.56. The summed E-state index contributed by atoms with van der Waals surface area (Å²) in [6, 6.07) is 0. The van der Waals surface area contributed by atoms with Crippen molar-refractivity contribution in [3.63, 3.8) is 0 Å². The lowest BCUT2D eigenvalue weighted by Crippen LogP contribution is -2.52. The Kier molecular flexibility index (Phi) is 7.68. The van der Waals surface area contributed by atoms with Crippen LogP contribution in [0.5, 0.6) is 0 Å². The molecular weight excluding hydrogens is 276 g/mol. The summed E-state index contributed by atoms with van der Waals surface area (Å²) in [5.41, 5.74) is 0. The van der Waals surface area contributed by atoms with E-state index in [1.807, 2.05) is 0 Å². The van der Waals surface area contributed by atoms with Crippen molar-refractivity contribution in [1.82, 2.24) is 0 Å². The van der Waals surface area contributed by atoms with Gasteiger partial charge in [-0.3, -0.25) is 4.79 Å². The van der Waals surface area contributed by atoms with Crippen LogP contribution in [0.3, 0.4) is 0 Å². The Hall–Kier alpha value is -1.13. The number of hydrogen-bond acceptors (Lipinski definition) is 6. The van der Waals surface area contributed by atoms with Crippen LogP contribution in [-0.2, 0) is 19.0 Å². The molecule has 4 unspecified atom stereocenters. The smallest absolute Gasteiger partial charge is 0.308 e. The maximum atomic E-state index is 11.7. The van der Waals surface area contributed by atoms with Crippen LogP contribution in [0, 0.1) is 18.3 Å². The number of ether oxygens (including phenoxy) is 3. The summed E-state index contributed by atoms with van der Waals surface area (Å²) in [4.78, 5) is 11.7. The monoisotopic (exact) mass is 300 g/mol. The first kappa shape index (κ1) is 17.9. The van der Waals surface area contributed by atoms with Gasteiger partial charge in [-0.25, -0.2) is 0 Å². The van der Waals surface area contributed by atoms with E-state index in [1.165, 1.54) is 0 Å². The summed E-state index contributed by atoms with van der Waals surface area (Å²) in [5, 5.41) is 19.3. The first-order valence-electron chi connectivity index (χ1n) is 7.19. The molecule has 0 amide bonds. The third-order valence-corrected chi connectivity index (χ3v) is 3.20. The molecule has 0 aromatic heterocycles.